The molecule has 2 aromatic rings. The highest BCUT2D eigenvalue weighted by Gasteiger charge is 2.20. The number of piperazine rings is 1. The van der Waals surface area contributed by atoms with Gasteiger partial charge in [0.25, 0.3) is 5.91 Å². The van der Waals surface area contributed by atoms with Crippen molar-refractivity contribution in [3.63, 3.8) is 0 Å². The van der Waals surface area contributed by atoms with Crippen molar-refractivity contribution < 1.29 is 23.1 Å². The molecule has 0 aliphatic carbocycles. The third kappa shape index (κ3) is 7.03. The number of benzene rings is 2. The number of carbonyl (C=O) groups excluding carboxylic acids is 2. The fourth-order valence-electron chi connectivity index (χ4n) is 3.40. The molecule has 0 bridgehead atoms. The van der Waals surface area contributed by atoms with Crippen LogP contribution in [0.15, 0.2) is 48.5 Å². The molecule has 1 saturated heterocycles. The molecule has 2 aromatic carbocycles. The molecule has 6 nitrogen and oxygen atoms in total. The number of carbonyl (C=O) groups is 2. The van der Waals surface area contributed by atoms with E-state index in [-0.39, 0.29) is 18.0 Å². The Hall–Kier alpha value is -3.00. The lowest BCUT2D eigenvalue weighted by Gasteiger charge is -2.34. The van der Waals surface area contributed by atoms with E-state index in [1.165, 1.54) is 0 Å². The quantitative estimate of drug-likeness (QED) is 0.621. The molecule has 1 fully saturated rings. The summed E-state index contributed by atoms with van der Waals surface area (Å²) in [5.41, 5.74) is -0.208. The van der Waals surface area contributed by atoms with Gasteiger partial charge in [-0.05, 0) is 30.7 Å². The van der Waals surface area contributed by atoms with E-state index < -0.39 is 17.5 Å². The lowest BCUT2D eigenvalue weighted by atomic mass is 10.2. The molecule has 1 aliphatic rings. The van der Waals surface area contributed by atoms with E-state index in [1.807, 2.05) is 35.2 Å². The van der Waals surface area contributed by atoms with Crippen LogP contribution in [-0.2, 0) is 4.79 Å². The fraction of sp³-hybridized carbons (Fsp3) is 0.391. The number of amides is 2. The summed E-state index contributed by atoms with van der Waals surface area (Å²) in [5, 5.41) is 2.57. The minimum absolute atomic E-state index is 0.0439. The second-order valence-corrected chi connectivity index (χ2v) is 7.37. The molecule has 2 amide bonds. The normalized spacial score (nSPS) is 14.3. The van der Waals surface area contributed by atoms with Gasteiger partial charge in [0.15, 0.2) is 0 Å². The molecule has 8 heteroatoms. The number of halogens is 2. The van der Waals surface area contributed by atoms with Gasteiger partial charge in [0.2, 0.25) is 5.91 Å². The predicted molar refractivity (Wildman–Crippen MR) is 113 cm³/mol. The number of ether oxygens (including phenoxy) is 1. The first kappa shape index (κ1) is 22.7. The van der Waals surface area contributed by atoms with Crippen LogP contribution in [-0.4, -0.2) is 67.5 Å². The van der Waals surface area contributed by atoms with Gasteiger partial charge in [-0.25, -0.2) is 8.78 Å². The van der Waals surface area contributed by atoms with Crippen LogP contribution in [0, 0.1) is 11.6 Å². The molecule has 0 spiro atoms. The first-order valence-corrected chi connectivity index (χ1v) is 10.4. The zero-order chi connectivity index (χ0) is 22.1. The van der Waals surface area contributed by atoms with Gasteiger partial charge < -0.3 is 15.0 Å². The Morgan fingerprint density at radius 3 is 2.45 bits per heavy atom. The fourth-order valence-corrected chi connectivity index (χ4v) is 3.40. The number of hydrogen-bond acceptors (Lipinski definition) is 4. The van der Waals surface area contributed by atoms with Gasteiger partial charge in [-0.1, -0.05) is 18.2 Å². The van der Waals surface area contributed by atoms with Gasteiger partial charge in [-0.3, -0.25) is 14.5 Å². The SMILES string of the molecule is O=C(NCCCC(=O)N1CCN(CCOc2ccccc2)CC1)c1ccc(F)cc1F. The summed E-state index contributed by atoms with van der Waals surface area (Å²) in [4.78, 5) is 28.4. The summed E-state index contributed by atoms with van der Waals surface area (Å²) < 4.78 is 32.2. The smallest absolute Gasteiger partial charge is 0.254 e. The summed E-state index contributed by atoms with van der Waals surface area (Å²) in [7, 11) is 0. The highest BCUT2D eigenvalue weighted by molar-refractivity contribution is 5.94. The second-order valence-electron chi connectivity index (χ2n) is 7.37. The van der Waals surface area contributed by atoms with E-state index in [2.05, 4.69) is 10.2 Å². The van der Waals surface area contributed by atoms with E-state index in [4.69, 9.17) is 4.74 Å². The Morgan fingerprint density at radius 1 is 1.00 bits per heavy atom. The number of rotatable bonds is 9. The Balaban J connectivity index is 1.29. The molecule has 0 aromatic heterocycles. The Bertz CT molecular complexity index is 872. The van der Waals surface area contributed by atoms with Gasteiger partial charge in [-0.2, -0.15) is 0 Å². The zero-order valence-electron chi connectivity index (χ0n) is 17.4. The highest BCUT2D eigenvalue weighted by Crippen LogP contribution is 2.11. The first-order valence-electron chi connectivity index (χ1n) is 10.4. The Morgan fingerprint density at radius 2 is 1.74 bits per heavy atom. The molecule has 3 rings (SSSR count). The predicted octanol–water partition coefficient (Wildman–Crippen LogP) is 2.70. The molecule has 166 valence electrons. The van der Waals surface area contributed by atoms with Gasteiger partial charge in [0.05, 0.1) is 5.56 Å². The van der Waals surface area contributed by atoms with Crippen molar-refractivity contribution in [3.8, 4) is 5.75 Å². The molecule has 0 radical (unpaired) electrons. The van der Waals surface area contributed by atoms with E-state index >= 15 is 0 Å². The maximum Gasteiger partial charge on any atom is 0.254 e. The number of nitrogens with one attached hydrogen (secondary N) is 1. The van der Waals surface area contributed by atoms with Crippen molar-refractivity contribution in [1.29, 1.82) is 0 Å². The van der Waals surface area contributed by atoms with Crippen molar-refractivity contribution in [3.05, 3.63) is 65.7 Å². The van der Waals surface area contributed by atoms with Crippen molar-refractivity contribution in [2.75, 3.05) is 45.9 Å². The number of hydrogen-bond donors (Lipinski definition) is 1. The van der Waals surface area contributed by atoms with Crippen LogP contribution in [0.1, 0.15) is 23.2 Å². The van der Waals surface area contributed by atoms with Gasteiger partial charge in [0.1, 0.15) is 24.0 Å². The molecule has 0 saturated carbocycles. The lowest BCUT2D eigenvalue weighted by molar-refractivity contribution is -0.133. The zero-order valence-corrected chi connectivity index (χ0v) is 17.4. The monoisotopic (exact) mass is 431 g/mol. The second kappa shape index (κ2) is 11.4. The largest absolute Gasteiger partial charge is 0.492 e. The average Bonchev–Trinajstić information content (AvgIpc) is 2.77. The summed E-state index contributed by atoms with van der Waals surface area (Å²) in [6.07, 6.45) is 0.766. The molecule has 31 heavy (non-hydrogen) atoms. The molecule has 1 heterocycles. The minimum Gasteiger partial charge on any atom is -0.492 e. The van der Waals surface area contributed by atoms with E-state index in [9.17, 15) is 18.4 Å². The van der Waals surface area contributed by atoms with Crippen LogP contribution in [0.25, 0.3) is 0 Å². The molecular formula is C23H27F2N3O3. The van der Waals surface area contributed by atoms with Crippen LogP contribution < -0.4 is 10.1 Å². The highest BCUT2D eigenvalue weighted by atomic mass is 19.1. The topological polar surface area (TPSA) is 61.9 Å². The van der Waals surface area contributed by atoms with Crippen LogP contribution in [0.4, 0.5) is 8.78 Å². The average molecular weight is 431 g/mol. The van der Waals surface area contributed by atoms with Gasteiger partial charge >= 0.3 is 0 Å². The standard InChI is InChI=1S/C23H27F2N3O3/c24-18-8-9-20(21(25)17-18)23(30)26-10-4-7-22(29)28-13-11-27(12-14-28)15-16-31-19-5-2-1-3-6-19/h1-3,5-6,8-9,17H,4,7,10-16H2,(H,26,30). The van der Waals surface area contributed by atoms with Gasteiger partial charge in [-0.15, -0.1) is 0 Å². The first-order chi connectivity index (χ1) is 15.0. The molecule has 1 aliphatic heterocycles. The van der Waals surface area contributed by atoms with Crippen molar-refractivity contribution in [1.82, 2.24) is 15.1 Å². The molecule has 0 atom stereocenters. The molecule has 1 N–H and O–H groups in total. The van der Waals surface area contributed by atoms with Crippen LogP contribution >= 0.6 is 0 Å². The third-order valence-corrected chi connectivity index (χ3v) is 5.17. The van der Waals surface area contributed by atoms with Crippen LogP contribution in [0.3, 0.4) is 0 Å². The van der Waals surface area contributed by atoms with Crippen molar-refractivity contribution in [2.24, 2.45) is 0 Å². The maximum absolute atomic E-state index is 13.6. The van der Waals surface area contributed by atoms with Crippen molar-refractivity contribution >= 4 is 11.8 Å². The van der Waals surface area contributed by atoms with Crippen LogP contribution in [0.5, 0.6) is 5.75 Å². The Labute approximate surface area is 180 Å². The van der Waals surface area contributed by atoms with E-state index in [1.54, 1.807) is 0 Å². The van der Waals surface area contributed by atoms with Crippen molar-refractivity contribution in [2.45, 2.75) is 12.8 Å². The minimum atomic E-state index is -0.902. The Kier molecular flexibility index (Phi) is 8.35. The van der Waals surface area contributed by atoms with E-state index in [0.717, 1.165) is 37.5 Å². The summed E-state index contributed by atoms with van der Waals surface area (Å²) in [5.74, 6) is -1.35. The molecule has 0 unspecified atom stereocenters. The van der Waals surface area contributed by atoms with Gasteiger partial charge in [0, 0.05) is 51.8 Å². The summed E-state index contributed by atoms with van der Waals surface area (Å²) >= 11 is 0. The molecular weight excluding hydrogens is 404 g/mol. The number of nitrogens with zero attached hydrogens (tertiary/aromatic N) is 2. The van der Waals surface area contributed by atoms with Crippen LogP contribution in [0.2, 0.25) is 0 Å². The maximum atomic E-state index is 13.6. The summed E-state index contributed by atoms with van der Waals surface area (Å²) in [6.45, 7) is 4.58. The van der Waals surface area contributed by atoms with E-state index in [0.29, 0.717) is 38.6 Å². The lowest BCUT2D eigenvalue weighted by Crippen LogP contribution is -2.49. The number of para-hydroxylation sites is 1. The summed E-state index contributed by atoms with van der Waals surface area (Å²) in [6, 6.07) is 12.5. The third-order valence-electron chi connectivity index (χ3n) is 5.17.